The zero-order chi connectivity index (χ0) is 13.8. The van der Waals surface area contributed by atoms with E-state index < -0.39 is 5.82 Å². The van der Waals surface area contributed by atoms with Crippen LogP contribution in [-0.2, 0) is 0 Å². The largest absolute Gasteiger partial charge is 0.378 e. The molecule has 1 heterocycles. The van der Waals surface area contributed by atoms with Gasteiger partial charge in [0.1, 0.15) is 0 Å². The van der Waals surface area contributed by atoms with E-state index in [1.165, 1.54) is 0 Å². The molecule has 100 valence electrons. The Labute approximate surface area is 110 Å². The average molecular weight is 262 g/mol. The monoisotopic (exact) mass is 262 g/mol. The number of benzene rings is 1. The van der Waals surface area contributed by atoms with Crippen LogP contribution in [0.4, 0.5) is 27.5 Å². The Kier molecular flexibility index (Phi) is 3.76. The van der Waals surface area contributed by atoms with Crippen LogP contribution in [0.5, 0.6) is 0 Å². The second-order valence-electron chi connectivity index (χ2n) is 4.10. The number of hydrogen-bond acceptors (Lipinski definition) is 6. The van der Waals surface area contributed by atoms with Gasteiger partial charge in [-0.25, -0.2) is 15.2 Å². The van der Waals surface area contributed by atoms with Gasteiger partial charge in [0, 0.05) is 25.5 Å². The van der Waals surface area contributed by atoms with Crippen molar-refractivity contribution in [3.8, 4) is 0 Å². The third-order valence-corrected chi connectivity index (χ3v) is 2.50. The van der Waals surface area contributed by atoms with E-state index in [9.17, 15) is 4.39 Å². The molecule has 0 atom stereocenters. The number of nitrogens with zero attached hydrogens (tertiary/aromatic N) is 3. The molecule has 4 N–H and O–H groups in total. The summed E-state index contributed by atoms with van der Waals surface area (Å²) in [6.45, 7) is 0. The third kappa shape index (κ3) is 3.08. The van der Waals surface area contributed by atoms with E-state index >= 15 is 0 Å². The number of rotatable bonds is 4. The van der Waals surface area contributed by atoms with Crippen LogP contribution in [0.25, 0.3) is 0 Å². The number of nitrogens with two attached hydrogens (primary N) is 1. The maximum atomic E-state index is 13.6. The third-order valence-electron chi connectivity index (χ3n) is 2.50. The maximum Gasteiger partial charge on any atom is 0.239 e. The summed E-state index contributed by atoms with van der Waals surface area (Å²) in [5.74, 6) is 4.86. The highest BCUT2D eigenvalue weighted by atomic mass is 19.1. The molecule has 7 heteroatoms. The second kappa shape index (κ2) is 5.49. The van der Waals surface area contributed by atoms with Crippen molar-refractivity contribution in [2.45, 2.75) is 0 Å². The van der Waals surface area contributed by atoms with Crippen molar-refractivity contribution in [2.24, 2.45) is 5.84 Å². The van der Waals surface area contributed by atoms with Crippen LogP contribution in [0.1, 0.15) is 0 Å². The molecule has 0 radical (unpaired) electrons. The molecular formula is C12H15FN6. The standard InChI is InChI=1S/C12H15FN6/c1-19(2)9-5-3-4-8(6-9)16-11-10(13)7-15-12(17-11)18-14/h3-7H,14H2,1-2H3,(H2,15,16,17,18). The highest BCUT2D eigenvalue weighted by Gasteiger charge is 2.07. The van der Waals surface area contributed by atoms with E-state index in [-0.39, 0.29) is 11.8 Å². The van der Waals surface area contributed by atoms with E-state index in [1.807, 2.05) is 43.3 Å². The van der Waals surface area contributed by atoms with E-state index in [0.717, 1.165) is 17.6 Å². The number of anilines is 4. The van der Waals surface area contributed by atoms with Gasteiger partial charge in [-0.1, -0.05) is 6.07 Å². The Morgan fingerprint density at radius 3 is 2.79 bits per heavy atom. The van der Waals surface area contributed by atoms with E-state index in [4.69, 9.17) is 5.84 Å². The maximum absolute atomic E-state index is 13.6. The highest BCUT2D eigenvalue weighted by Crippen LogP contribution is 2.22. The smallest absolute Gasteiger partial charge is 0.239 e. The zero-order valence-electron chi connectivity index (χ0n) is 10.7. The van der Waals surface area contributed by atoms with Crippen LogP contribution in [0.2, 0.25) is 0 Å². The molecule has 0 saturated heterocycles. The highest BCUT2D eigenvalue weighted by molar-refractivity contribution is 5.63. The van der Waals surface area contributed by atoms with Crippen LogP contribution in [0.15, 0.2) is 30.5 Å². The minimum atomic E-state index is -0.547. The fourth-order valence-corrected chi connectivity index (χ4v) is 1.52. The summed E-state index contributed by atoms with van der Waals surface area (Å²) < 4.78 is 13.6. The number of hydrazine groups is 1. The Morgan fingerprint density at radius 1 is 1.32 bits per heavy atom. The van der Waals surface area contributed by atoms with Gasteiger partial charge in [0.05, 0.1) is 6.20 Å². The molecule has 0 fully saturated rings. The summed E-state index contributed by atoms with van der Waals surface area (Å²) in [5, 5.41) is 2.89. The predicted molar refractivity (Wildman–Crippen MR) is 73.9 cm³/mol. The molecule has 0 aliphatic rings. The van der Waals surface area contributed by atoms with Gasteiger partial charge in [-0.3, -0.25) is 5.43 Å². The van der Waals surface area contributed by atoms with Crippen molar-refractivity contribution in [1.82, 2.24) is 9.97 Å². The molecule has 0 saturated carbocycles. The van der Waals surface area contributed by atoms with Gasteiger partial charge in [0.2, 0.25) is 5.95 Å². The fraction of sp³-hybridized carbons (Fsp3) is 0.167. The van der Waals surface area contributed by atoms with E-state index in [1.54, 1.807) is 0 Å². The normalized spacial score (nSPS) is 10.1. The number of nitrogens with one attached hydrogen (secondary N) is 2. The van der Waals surface area contributed by atoms with Crippen molar-refractivity contribution < 1.29 is 4.39 Å². The van der Waals surface area contributed by atoms with Gasteiger partial charge in [0.25, 0.3) is 0 Å². The summed E-state index contributed by atoms with van der Waals surface area (Å²) in [4.78, 5) is 9.54. The average Bonchev–Trinajstić information content (AvgIpc) is 2.41. The molecule has 0 unspecified atom stereocenters. The molecule has 2 aromatic rings. The lowest BCUT2D eigenvalue weighted by Crippen LogP contribution is -2.12. The second-order valence-corrected chi connectivity index (χ2v) is 4.10. The lowest BCUT2D eigenvalue weighted by atomic mass is 10.2. The summed E-state index contributed by atoms with van der Waals surface area (Å²) in [6, 6.07) is 7.54. The van der Waals surface area contributed by atoms with Crippen molar-refractivity contribution >= 4 is 23.1 Å². The Bertz CT molecular complexity index is 572. The zero-order valence-corrected chi connectivity index (χ0v) is 10.7. The number of halogens is 1. The van der Waals surface area contributed by atoms with Gasteiger partial charge >= 0.3 is 0 Å². The first kappa shape index (κ1) is 13.0. The van der Waals surface area contributed by atoms with Crippen LogP contribution in [0.3, 0.4) is 0 Å². The first-order chi connectivity index (χ1) is 9.10. The quantitative estimate of drug-likeness (QED) is 0.575. The fourth-order valence-electron chi connectivity index (χ4n) is 1.52. The number of nitrogen functional groups attached to an aromatic ring is 1. The molecule has 6 nitrogen and oxygen atoms in total. The molecule has 19 heavy (non-hydrogen) atoms. The van der Waals surface area contributed by atoms with Crippen molar-refractivity contribution in [3.05, 3.63) is 36.3 Å². The first-order valence-corrected chi connectivity index (χ1v) is 5.63. The topological polar surface area (TPSA) is 79.1 Å². The molecule has 0 aliphatic heterocycles. The van der Waals surface area contributed by atoms with Gasteiger partial charge < -0.3 is 10.2 Å². The van der Waals surface area contributed by atoms with Gasteiger partial charge in [-0.15, -0.1) is 0 Å². The molecule has 0 bridgehead atoms. The molecule has 0 spiro atoms. The van der Waals surface area contributed by atoms with Gasteiger partial charge in [-0.2, -0.15) is 4.98 Å². The summed E-state index contributed by atoms with van der Waals surface area (Å²) in [7, 11) is 3.86. The Balaban J connectivity index is 2.28. The molecular weight excluding hydrogens is 247 g/mol. The predicted octanol–water partition coefficient (Wildman–Crippen LogP) is 1.71. The SMILES string of the molecule is CN(C)c1cccc(Nc2nc(NN)ncc2F)c1. The van der Waals surface area contributed by atoms with Crippen LogP contribution < -0.4 is 21.5 Å². The molecule has 2 rings (SSSR count). The van der Waals surface area contributed by atoms with Crippen molar-refractivity contribution in [3.63, 3.8) is 0 Å². The van der Waals surface area contributed by atoms with Crippen molar-refractivity contribution in [2.75, 3.05) is 29.7 Å². The van der Waals surface area contributed by atoms with E-state index in [2.05, 4.69) is 20.7 Å². The van der Waals surface area contributed by atoms with Crippen LogP contribution in [-0.4, -0.2) is 24.1 Å². The van der Waals surface area contributed by atoms with Gasteiger partial charge in [0.15, 0.2) is 11.6 Å². The molecule has 1 aromatic carbocycles. The number of hydrogen-bond donors (Lipinski definition) is 3. The summed E-state index contributed by atoms with van der Waals surface area (Å²) in [6.07, 6.45) is 1.06. The molecule has 1 aromatic heterocycles. The minimum Gasteiger partial charge on any atom is -0.378 e. The minimum absolute atomic E-state index is 0.0684. The summed E-state index contributed by atoms with van der Waals surface area (Å²) in [5.41, 5.74) is 4.00. The van der Waals surface area contributed by atoms with Crippen molar-refractivity contribution in [1.29, 1.82) is 0 Å². The lowest BCUT2D eigenvalue weighted by Gasteiger charge is -2.14. The number of aromatic nitrogens is 2. The van der Waals surface area contributed by atoms with Crippen LogP contribution in [0, 0.1) is 5.82 Å². The summed E-state index contributed by atoms with van der Waals surface area (Å²) >= 11 is 0. The Hall–Kier alpha value is -2.41. The molecule has 0 aliphatic carbocycles. The first-order valence-electron chi connectivity index (χ1n) is 5.63. The lowest BCUT2D eigenvalue weighted by molar-refractivity contribution is 0.619. The Morgan fingerprint density at radius 2 is 2.11 bits per heavy atom. The van der Waals surface area contributed by atoms with Gasteiger partial charge in [-0.05, 0) is 18.2 Å². The molecule has 0 amide bonds. The van der Waals surface area contributed by atoms with E-state index in [0.29, 0.717) is 0 Å². The van der Waals surface area contributed by atoms with Crippen LogP contribution >= 0.6 is 0 Å².